The second-order valence-corrected chi connectivity index (χ2v) is 10.2. The third-order valence-corrected chi connectivity index (χ3v) is 6.69. The van der Waals surface area contributed by atoms with Gasteiger partial charge >= 0.3 is 0 Å². The molecule has 0 aromatic heterocycles. The third-order valence-electron chi connectivity index (χ3n) is 5.34. The van der Waals surface area contributed by atoms with E-state index in [0.29, 0.717) is 16.8 Å². The Morgan fingerprint density at radius 1 is 0.971 bits per heavy atom. The Morgan fingerprint density at radius 2 is 1.66 bits per heavy atom. The normalized spacial score (nSPS) is 11.9. The molecule has 3 aromatic carbocycles. The van der Waals surface area contributed by atoms with E-state index in [1.807, 2.05) is 50.6 Å². The summed E-state index contributed by atoms with van der Waals surface area (Å²) >= 11 is 0. The van der Waals surface area contributed by atoms with Crippen LogP contribution in [0, 0.1) is 19.7 Å². The van der Waals surface area contributed by atoms with Crippen molar-refractivity contribution in [3.63, 3.8) is 0 Å². The molecule has 2 N–H and O–H groups in total. The first-order chi connectivity index (χ1) is 16.5. The van der Waals surface area contributed by atoms with Crippen molar-refractivity contribution in [2.75, 3.05) is 12.4 Å². The zero-order chi connectivity index (χ0) is 25.8. The second-order valence-electron chi connectivity index (χ2n) is 8.48. The highest BCUT2D eigenvalue weighted by molar-refractivity contribution is 7.90. The average molecular weight is 497 g/mol. The van der Waals surface area contributed by atoms with Gasteiger partial charge in [0.1, 0.15) is 5.82 Å². The molecule has 0 heterocycles. The minimum absolute atomic E-state index is 0.0307. The van der Waals surface area contributed by atoms with Crippen LogP contribution < -0.4 is 10.0 Å². The van der Waals surface area contributed by atoms with Crippen molar-refractivity contribution in [1.29, 1.82) is 0 Å². The van der Waals surface area contributed by atoms with E-state index in [1.54, 1.807) is 24.3 Å². The SMILES string of the molecule is COC(=Cc1cc(C)c(-c2ccc(NC(C)C)cc2F)cc1C)C(=O)NS(=O)(=O)c1ccccc1. The second kappa shape index (κ2) is 10.7. The fourth-order valence-electron chi connectivity index (χ4n) is 3.63. The molecule has 0 aliphatic carbocycles. The number of nitrogens with one attached hydrogen (secondary N) is 2. The van der Waals surface area contributed by atoms with Crippen LogP contribution in [-0.2, 0) is 19.6 Å². The Morgan fingerprint density at radius 3 is 2.26 bits per heavy atom. The van der Waals surface area contributed by atoms with Crippen molar-refractivity contribution >= 4 is 27.7 Å². The largest absolute Gasteiger partial charge is 0.491 e. The van der Waals surface area contributed by atoms with Crippen LogP contribution in [0.25, 0.3) is 17.2 Å². The van der Waals surface area contributed by atoms with E-state index in [-0.39, 0.29) is 22.5 Å². The molecule has 0 fully saturated rings. The molecule has 0 saturated heterocycles. The highest BCUT2D eigenvalue weighted by Gasteiger charge is 2.21. The number of anilines is 1. The van der Waals surface area contributed by atoms with Gasteiger partial charge in [-0.15, -0.1) is 0 Å². The molecule has 0 aliphatic rings. The lowest BCUT2D eigenvalue weighted by atomic mass is 9.94. The van der Waals surface area contributed by atoms with Crippen molar-refractivity contribution in [2.45, 2.75) is 38.6 Å². The summed E-state index contributed by atoms with van der Waals surface area (Å²) in [6.07, 6.45) is 1.47. The number of methoxy groups -OCH3 is 1. The lowest BCUT2D eigenvalue weighted by molar-refractivity contribution is -0.118. The number of rotatable bonds is 8. The smallest absolute Gasteiger partial charge is 0.300 e. The van der Waals surface area contributed by atoms with Crippen LogP contribution in [0.5, 0.6) is 0 Å². The molecule has 0 spiro atoms. The van der Waals surface area contributed by atoms with Gasteiger partial charge in [-0.1, -0.05) is 30.3 Å². The Hall–Kier alpha value is -3.65. The predicted octanol–water partition coefficient (Wildman–Crippen LogP) is 5.42. The first-order valence-corrected chi connectivity index (χ1v) is 12.6. The number of sulfonamides is 1. The Labute approximate surface area is 205 Å². The van der Waals surface area contributed by atoms with Crippen LogP contribution in [0.2, 0.25) is 0 Å². The first kappa shape index (κ1) is 26.0. The number of hydrogen-bond acceptors (Lipinski definition) is 5. The van der Waals surface area contributed by atoms with Crippen LogP contribution in [0.3, 0.4) is 0 Å². The van der Waals surface area contributed by atoms with Crippen molar-refractivity contribution in [2.24, 2.45) is 0 Å². The highest BCUT2D eigenvalue weighted by atomic mass is 32.2. The highest BCUT2D eigenvalue weighted by Crippen LogP contribution is 2.31. The summed E-state index contributed by atoms with van der Waals surface area (Å²) in [6, 6.07) is 16.5. The molecular formula is C27H29FN2O4S. The summed E-state index contributed by atoms with van der Waals surface area (Å²) in [5, 5.41) is 3.18. The Bertz CT molecular complexity index is 1370. The predicted molar refractivity (Wildman–Crippen MR) is 137 cm³/mol. The van der Waals surface area contributed by atoms with Gasteiger partial charge in [0.05, 0.1) is 12.0 Å². The maximum atomic E-state index is 14.9. The van der Waals surface area contributed by atoms with E-state index in [0.717, 1.165) is 16.7 Å². The van der Waals surface area contributed by atoms with Gasteiger partial charge in [-0.05, 0) is 86.4 Å². The monoisotopic (exact) mass is 496 g/mol. The van der Waals surface area contributed by atoms with E-state index in [1.165, 1.54) is 31.4 Å². The quantitative estimate of drug-likeness (QED) is 0.321. The van der Waals surface area contributed by atoms with E-state index < -0.39 is 15.9 Å². The summed E-state index contributed by atoms with van der Waals surface area (Å²) in [5.74, 6) is -1.41. The molecule has 3 aromatic rings. The van der Waals surface area contributed by atoms with Crippen molar-refractivity contribution in [3.8, 4) is 11.1 Å². The summed E-state index contributed by atoms with van der Waals surface area (Å²) in [7, 11) is -2.76. The van der Waals surface area contributed by atoms with Crippen molar-refractivity contribution in [1.82, 2.24) is 4.72 Å². The number of aryl methyl sites for hydroxylation is 2. The summed E-state index contributed by atoms with van der Waals surface area (Å²) in [6.45, 7) is 7.64. The van der Waals surface area contributed by atoms with E-state index >= 15 is 0 Å². The molecule has 0 radical (unpaired) electrons. The van der Waals surface area contributed by atoms with Crippen LogP contribution in [0.15, 0.2) is 71.3 Å². The average Bonchev–Trinajstić information content (AvgIpc) is 2.79. The number of benzene rings is 3. The maximum Gasteiger partial charge on any atom is 0.300 e. The summed E-state index contributed by atoms with van der Waals surface area (Å²) < 4.78 is 47.1. The van der Waals surface area contributed by atoms with E-state index in [4.69, 9.17) is 4.74 Å². The lowest BCUT2D eigenvalue weighted by Gasteiger charge is -2.15. The number of hydrogen-bond donors (Lipinski definition) is 2. The summed E-state index contributed by atoms with van der Waals surface area (Å²) in [4.78, 5) is 12.6. The zero-order valence-corrected chi connectivity index (χ0v) is 21.2. The number of carbonyl (C=O) groups is 1. The van der Waals surface area contributed by atoms with Crippen LogP contribution in [-0.4, -0.2) is 27.5 Å². The van der Waals surface area contributed by atoms with Crippen molar-refractivity contribution in [3.05, 3.63) is 88.9 Å². The van der Waals surface area contributed by atoms with Gasteiger partial charge in [-0.25, -0.2) is 17.5 Å². The molecular weight excluding hydrogens is 467 g/mol. The fourth-order valence-corrected chi connectivity index (χ4v) is 4.61. The van der Waals surface area contributed by atoms with Crippen LogP contribution in [0.1, 0.15) is 30.5 Å². The molecule has 0 aliphatic heterocycles. The Balaban J connectivity index is 1.90. The minimum atomic E-state index is -4.05. The van der Waals surface area contributed by atoms with Crippen molar-refractivity contribution < 1.29 is 22.3 Å². The number of halogens is 1. The van der Waals surface area contributed by atoms with Gasteiger partial charge in [-0.2, -0.15) is 0 Å². The molecule has 35 heavy (non-hydrogen) atoms. The number of ether oxygens (including phenoxy) is 1. The summed E-state index contributed by atoms with van der Waals surface area (Å²) in [5.41, 5.74) is 4.10. The van der Waals surface area contributed by atoms with E-state index in [2.05, 4.69) is 5.32 Å². The fraction of sp³-hybridized carbons (Fsp3) is 0.222. The number of amides is 1. The van der Waals surface area contributed by atoms with Gasteiger partial charge < -0.3 is 10.1 Å². The molecule has 6 nitrogen and oxygen atoms in total. The molecule has 0 atom stereocenters. The standard InChI is InChI=1S/C27H29FN2O4S/c1-17(2)29-21-11-12-23(25(28)16-21)24-14-18(3)20(13-19(24)4)15-26(34-5)27(31)30-35(32,33)22-9-7-6-8-10-22/h6-17,29H,1-5H3,(H,30,31). The molecule has 8 heteroatoms. The third kappa shape index (κ3) is 6.27. The van der Waals surface area contributed by atoms with Gasteiger partial charge in [-0.3, -0.25) is 4.79 Å². The molecule has 184 valence electrons. The Kier molecular flexibility index (Phi) is 7.96. The van der Waals surface area contributed by atoms with Gasteiger partial charge in [0.15, 0.2) is 5.76 Å². The minimum Gasteiger partial charge on any atom is -0.491 e. The maximum absolute atomic E-state index is 14.9. The van der Waals surface area contributed by atoms with Gasteiger partial charge in [0.25, 0.3) is 15.9 Å². The van der Waals surface area contributed by atoms with Crippen LogP contribution >= 0.6 is 0 Å². The topological polar surface area (TPSA) is 84.5 Å². The zero-order valence-electron chi connectivity index (χ0n) is 20.3. The van der Waals surface area contributed by atoms with E-state index in [9.17, 15) is 17.6 Å². The molecule has 0 unspecified atom stereocenters. The number of carbonyl (C=O) groups excluding carboxylic acids is 1. The van der Waals surface area contributed by atoms with Gasteiger partial charge in [0, 0.05) is 17.3 Å². The lowest BCUT2D eigenvalue weighted by Crippen LogP contribution is -2.32. The first-order valence-electron chi connectivity index (χ1n) is 11.1. The molecule has 3 rings (SSSR count). The molecule has 0 bridgehead atoms. The molecule has 1 amide bonds. The van der Waals surface area contributed by atoms with Gasteiger partial charge in [0.2, 0.25) is 0 Å². The van der Waals surface area contributed by atoms with Crippen LogP contribution in [0.4, 0.5) is 10.1 Å². The molecule has 0 saturated carbocycles.